The van der Waals surface area contributed by atoms with Gasteiger partial charge in [-0.05, 0) is 18.9 Å². The molecule has 0 aromatic carbocycles. The van der Waals surface area contributed by atoms with E-state index in [-0.39, 0.29) is 11.1 Å². The summed E-state index contributed by atoms with van der Waals surface area (Å²) in [5.74, 6) is 0. The highest BCUT2D eigenvalue weighted by Crippen LogP contribution is 2.10. The van der Waals surface area contributed by atoms with Gasteiger partial charge in [-0.2, -0.15) is 5.10 Å². The lowest BCUT2D eigenvalue weighted by atomic mass is 10.2. The Labute approximate surface area is 104 Å². The zero-order chi connectivity index (χ0) is 12.2. The van der Waals surface area contributed by atoms with Gasteiger partial charge in [-0.3, -0.25) is 4.68 Å². The SMILES string of the molecule is CCC(CCBr)NS(=O)(=O)c1ccnn1C. The van der Waals surface area contributed by atoms with Gasteiger partial charge in [0.1, 0.15) is 0 Å². The minimum absolute atomic E-state index is 0.0423. The summed E-state index contributed by atoms with van der Waals surface area (Å²) in [6.07, 6.45) is 3.01. The van der Waals surface area contributed by atoms with Gasteiger partial charge in [-0.15, -0.1) is 0 Å². The minimum atomic E-state index is -3.45. The van der Waals surface area contributed by atoms with E-state index >= 15 is 0 Å². The van der Waals surface area contributed by atoms with E-state index in [0.717, 1.165) is 18.2 Å². The summed E-state index contributed by atoms with van der Waals surface area (Å²) < 4.78 is 28.0. The van der Waals surface area contributed by atoms with Gasteiger partial charge in [0, 0.05) is 18.4 Å². The van der Waals surface area contributed by atoms with Crippen LogP contribution in [0.3, 0.4) is 0 Å². The van der Waals surface area contributed by atoms with Crippen LogP contribution in [0.4, 0.5) is 0 Å². The second-order valence-electron chi connectivity index (χ2n) is 3.50. The molecule has 1 rings (SSSR count). The molecule has 0 spiro atoms. The summed E-state index contributed by atoms with van der Waals surface area (Å²) in [6.45, 7) is 1.96. The van der Waals surface area contributed by atoms with Crippen LogP contribution in [-0.2, 0) is 17.1 Å². The van der Waals surface area contributed by atoms with Gasteiger partial charge in [-0.25, -0.2) is 13.1 Å². The smallest absolute Gasteiger partial charge is 0.256 e. The molecule has 0 fully saturated rings. The Hall–Kier alpha value is -0.400. The average Bonchev–Trinajstić information content (AvgIpc) is 2.64. The molecule has 0 aliphatic heterocycles. The summed E-state index contributed by atoms with van der Waals surface area (Å²) >= 11 is 3.31. The van der Waals surface area contributed by atoms with E-state index < -0.39 is 10.0 Å². The number of nitrogens with one attached hydrogen (secondary N) is 1. The van der Waals surface area contributed by atoms with Crippen molar-refractivity contribution in [2.24, 2.45) is 7.05 Å². The summed E-state index contributed by atoms with van der Waals surface area (Å²) in [7, 11) is -1.84. The number of rotatable bonds is 6. The van der Waals surface area contributed by atoms with Crippen molar-refractivity contribution in [3.8, 4) is 0 Å². The first-order chi connectivity index (χ1) is 7.51. The molecule has 1 aromatic rings. The van der Waals surface area contributed by atoms with Gasteiger partial charge in [0.15, 0.2) is 5.03 Å². The molecule has 1 heterocycles. The summed E-state index contributed by atoms with van der Waals surface area (Å²) in [6, 6.07) is 1.45. The Morgan fingerprint density at radius 2 is 2.31 bits per heavy atom. The first-order valence-electron chi connectivity index (χ1n) is 5.07. The lowest BCUT2D eigenvalue weighted by Gasteiger charge is -2.15. The van der Waals surface area contributed by atoms with Crippen LogP contribution in [0.25, 0.3) is 0 Å². The Morgan fingerprint density at radius 3 is 2.75 bits per heavy atom. The zero-order valence-electron chi connectivity index (χ0n) is 9.35. The largest absolute Gasteiger partial charge is 0.257 e. The molecule has 5 nitrogen and oxygen atoms in total. The van der Waals surface area contributed by atoms with Crippen molar-refractivity contribution in [3.05, 3.63) is 12.3 Å². The molecule has 1 aromatic heterocycles. The van der Waals surface area contributed by atoms with Crippen molar-refractivity contribution < 1.29 is 8.42 Å². The van der Waals surface area contributed by atoms with E-state index in [1.165, 1.54) is 16.9 Å². The molecule has 0 radical (unpaired) electrons. The molecular formula is C9H16BrN3O2S. The van der Waals surface area contributed by atoms with Gasteiger partial charge in [0.05, 0.1) is 6.20 Å². The van der Waals surface area contributed by atoms with E-state index in [9.17, 15) is 8.42 Å². The number of alkyl halides is 1. The Bertz CT molecular complexity index is 430. The van der Waals surface area contributed by atoms with Crippen molar-refractivity contribution in [1.82, 2.24) is 14.5 Å². The molecular weight excluding hydrogens is 294 g/mol. The number of aromatic nitrogens is 2. The minimum Gasteiger partial charge on any atom is -0.256 e. The van der Waals surface area contributed by atoms with Gasteiger partial charge < -0.3 is 0 Å². The Morgan fingerprint density at radius 1 is 1.62 bits per heavy atom. The number of halogens is 1. The van der Waals surface area contributed by atoms with E-state index in [2.05, 4.69) is 25.8 Å². The van der Waals surface area contributed by atoms with Crippen molar-refractivity contribution in [2.75, 3.05) is 5.33 Å². The number of sulfonamides is 1. The van der Waals surface area contributed by atoms with Crippen LogP contribution in [0.1, 0.15) is 19.8 Å². The fourth-order valence-corrected chi connectivity index (χ4v) is 3.42. The quantitative estimate of drug-likeness (QED) is 0.805. The third-order valence-electron chi connectivity index (χ3n) is 2.32. The highest BCUT2D eigenvalue weighted by atomic mass is 79.9. The highest BCUT2D eigenvalue weighted by molar-refractivity contribution is 9.09. The lowest BCUT2D eigenvalue weighted by molar-refractivity contribution is 0.522. The summed E-state index contributed by atoms with van der Waals surface area (Å²) in [5.41, 5.74) is 0. The monoisotopic (exact) mass is 309 g/mol. The molecule has 0 bridgehead atoms. The van der Waals surface area contributed by atoms with Crippen LogP contribution in [-0.4, -0.2) is 29.6 Å². The van der Waals surface area contributed by atoms with E-state index in [4.69, 9.17) is 0 Å². The predicted octanol–water partition coefficient (Wildman–Crippen LogP) is 1.26. The lowest BCUT2D eigenvalue weighted by Crippen LogP contribution is -2.35. The van der Waals surface area contributed by atoms with Crippen molar-refractivity contribution in [3.63, 3.8) is 0 Å². The van der Waals surface area contributed by atoms with E-state index in [1.807, 2.05) is 6.92 Å². The van der Waals surface area contributed by atoms with Crippen molar-refractivity contribution in [2.45, 2.75) is 30.8 Å². The topological polar surface area (TPSA) is 64.0 Å². The van der Waals surface area contributed by atoms with Gasteiger partial charge >= 0.3 is 0 Å². The molecule has 0 amide bonds. The average molecular weight is 310 g/mol. The number of aryl methyl sites for hydroxylation is 1. The van der Waals surface area contributed by atoms with Crippen LogP contribution in [0.15, 0.2) is 17.3 Å². The molecule has 0 aliphatic carbocycles. The molecule has 0 saturated carbocycles. The molecule has 16 heavy (non-hydrogen) atoms. The maximum absolute atomic E-state index is 12.0. The van der Waals surface area contributed by atoms with Crippen molar-refractivity contribution >= 4 is 26.0 Å². The van der Waals surface area contributed by atoms with Crippen LogP contribution in [0.5, 0.6) is 0 Å². The Kier molecular flexibility index (Phi) is 4.94. The maximum Gasteiger partial charge on any atom is 0.257 e. The molecule has 7 heteroatoms. The predicted molar refractivity (Wildman–Crippen MR) is 66.0 cm³/mol. The molecule has 92 valence electrons. The second kappa shape index (κ2) is 5.79. The molecule has 1 unspecified atom stereocenters. The standard InChI is InChI=1S/C9H16BrN3O2S/c1-3-8(4-6-10)12-16(14,15)9-5-7-11-13(9)2/h5,7-8,12H,3-4,6H2,1-2H3. The normalized spacial score (nSPS) is 13.9. The summed E-state index contributed by atoms with van der Waals surface area (Å²) in [4.78, 5) is 0. The van der Waals surface area contributed by atoms with Gasteiger partial charge in [-0.1, -0.05) is 22.9 Å². The first-order valence-corrected chi connectivity index (χ1v) is 7.68. The van der Waals surface area contributed by atoms with Crippen LogP contribution in [0, 0.1) is 0 Å². The molecule has 1 atom stereocenters. The van der Waals surface area contributed by atoms with E-state index in [1.54, 1.807) is 7.05 Å². The van der Waals surface area contributed by atoms with Crippen LogP contribution >= 0.6 is 15.9 Å². The van der Waals surface area contributed by atoms with Gasteiger partial charge in [0.25, 0.3) is 10.0 Å². The van der Waals surface area contributed by atoms with Crippen LogP contribution in [0.2, 0.25) is 0 Å². The maximum atomic E-state index is 12.0. The first kappa shape index (κ1) is 13.7. The molecule has 0 aliphatic rings. The van der Waals surface area contributed by atoms with E-state index in [0.29, 0.717) is 0 Å². The van der Waals surface area contributed by atoms with Gasteiger partial charge in [0.2, 0.25) is 0 Å². The fourth-order valence-electron chi connectivity index (χ4n) is 1.38. The number of hydrogen-bond donors (Lipinski definition) is 1. The van der Waals surface area contributed by atoms with Crippen molar-refractivity contribution in [1.29, 1.82) is 0 Å². The van der Waals surface area contributed by atoms with Crippen LogP contribution < -0.4 is 4.72 Å². The summed E-state index contributed by atoms with van der Waals surface area (Å²) in [5, 5.41) is 4.82. The highest BCUT2D eigenvalue weighted by Gasteiger charge is 2.21. The number of nitrogens with zero attached hydrogens (tertiary/aromatic N) is 2. The Balaban J connectivity index is 2.83. The third-order valence-corrected chi connectivity index (χ3v) is 4.38. The fraction of sp³-hybridized carbons (Fsp3) is 0.667. The molecule has 0 saturated heterocycles. The third kappa shape index (κ3) is 3.29. The molecule has 1 N–H and O–H groups in total. The number of hydrogen-bond acceptors (Lipinski definition) is 3. The zero-order valence-corrected chi connectivity index (χ0v) is 11.8. The second-order valence-corrected chi connectivity index (χ2v) is 5.95.